The van der Waals surface area contributed by atoms with Gasteiger partial charge in [0.05, 0.1) is 6.61 Å². The van der Waals surface area contributed by atoms with Gasteiger partial charge in [0.25, 0.3) is 0 Å². The Morgan fingerprint density at radius 3 is 2.88 bits per heavy atom. The first kappa shape index (κ1) is 15.1. The molecule has 4 heteroatoms. The highest BCUT2D eigenvalue weighted by atomic mass is 16.5. The zero-order valence-electron chi connectivity index (χ0n) is 10.4. The van der Waals surface area contributed by atoms with Crippen LogP contribution in [0.25, 0.3) is 0 Å². The average molecular weight is 228 g/mol. The minimum absolute atomic E-state index is 0.0699. The SMILES string of the molecule is C=CCCC(C)NCCC(=O)NCCOC. The van der Waals surface area contributed by atoms with Gasteiger partial charge in [-0.05, 0) is 19.8 Å². The Morgan fingerprint density at radius 1 is 1.50 bits per heavy atom. The summed E-state index contributed by atoms with van der Waals surface area (Å²) in [7, 11) is 1.62. The van der Waals surface area contributed by atoms with Crippen molar-refractivity contribution in [2.24, 2.45) is 0 Å². The van der Waals surface area contributed by atoms with Gasteiger partial charge in [0.15, 0.2) is 0 Å². The van der Waals surface area contributed by atoms with E-state index in [1.165, 1.54) is 0 Å². The number of ether oxygens (including phenoxy) is 1. The van der Waals surface area contributed by atoms with Crippen LogP contribution in [0.2, 0.25) is 0 Å². The molecule has 1 atom stereocenters. The van der Waals surface area contributed by atoms with Crippen LogP contribution in [0, 0.1) is 0 Å². The molecule has 0 spiro atoms. The van der Waals surface area contributed by atoms with Gasteiger partial charge < -0.3 is 15.4 Å². The fraction of sp³-hybridized carbons (Fsp3) is 0.750. The monoisotopic (exact) mass is 228 g/mol. The topological polar surface area (TPSA) is 50.4 Å². The van der Waals surface area contributed by atoms with Crippen molar-refractivity contribution in [3.8, 4) is 0 Å². The highest BCUT2D eigenvalue weighted by Crippen LogP contribution is 1.96. The molecule has 2 N–H and O–H groups in total. The molecule has 0 bridgehead atoms. The lowest BCUT2D eigenvalue weighted by Crippen LogP contribution is -2.33. The van der Waals surface area contributed by atoms with Crippen molar-refractivity contribution in [3.05, 3.63) is 12.7 Å². The number of methoxy groups -OCH3 is 1. The van der Waals surface area contributed by atoms with Gasteiger partial charge in [0.1, 0.15) is 0 Å². The number of hydrogen-bond acceptors (Lipinski definition) is 3. The van der Waals surface area contributed by atoms with Crippen LogP contribution in [0.15, 0.2) is 12.7 Å². The van der Waals surface area contributed by atoms with Crippen molar-refractivity contribution >= 4 is 5.91 Å². The van der Waals surface area contributed by atoms with Crippen LogP contribution in [0.5, 0.6) is 0 Å². The zero-order chi connectivity index (χ0) is 12.2. The molecule has 0 saturated carbocycles. The third-order valence-electron chi connectivity index (χ3n) is 2.28. The van der Waals surface area contributed by atoms with E-state index in [1.54, 1.807) is 7.11 Å². The molecule has 0 radical (unpaired) electrons. The van der Waals surface area contributed by atoms with Crippen LogP contribution >= 0.6 is 0 Å². The van der Waals surface area contributed by atoms with Gasteiger partial charge in [-0.3, -0.25) is 4.79 Å². The van der Waals surface area contributed by atoms with Crippen molar-refractivity contribution in [1.29, 1.82) is 0 Å². The summed E-state index contributed by atoms with van der Waals surface area (Å²) in [6.07, 6.45) is 4.50. The molecule has 0 aliphatic rings. The van der Waals surface area contributed by atoms with E-state index in [-0.39, 0.29) is 5.91 Å². The number of hydrogen-bond donors (Lipinski definition) is 2. The predicted molar refractivity (Wildman–Crippen MR) is 66.4 cm³/mol. The first-order valence-electron chi connectivity index (χ1n) is 5.80. The van der Waals surface area contributed by atoms with Gasteiger partial charge in [-0.2, -0.15) is 0 Å². The summed E-state index contributed by atoms with van der Waals surface area (Å²) in [4.78, 5) is 11.3. The quantitative estimate of drug-likeness (QED) is 0.434. The first-order valence-corrected chi connectivity index (χ1v) is 5.80. The zero-order valence-corrected chi connectivity index (χ0v) is 10.4. The molecule has 1 amide bonds. The lowest BCUT2D eigenvalue weighted by Gasteiger charge is -2.12. The van der Waals surface area contributed by atoms with Gasteiger partial charge in [0.2, 0.25) is 5.91 Å². The number of amides is 1. The Hall–Kier alpha value is -0.870. The molecule has 0 aliphatic carbocycles. The Bertz CT molecular complexity index is 195. The molecule has 0 aromatic rings. The maximum absolute atomic E-state index is 11.3. The third kappa shape index (κ3) is 9.68. The van der Waals surface area contributed by atoms with Crippen LogP contribution in [-0.2, 0) is 9.53 Å². The average Bonchev–Trinajstić information content (AvgIpc) is 2.26. The van der Waals surface area contributed by atoms with Gasteiger partial charge in [-0.1, -0.05) is 6.08 Å². The van der Waals surface area contributed by atoms with Gasteiger partial charge >= 0.3 is 0 Å². The molecule has 94 valence electrons. The number of rotatable bonds is 10. The summed E-state index contributed by atoms with van der Waals surface area (Å²) in [6, 6.07) is 0.435. The second-order valence-corrected chi connectivity index (χ2v) is 3.81. The number of carbonyl (C=O) groups excluding carboxylic acids is 1. The van der Waals surface area contributed by atoms with Gasteiger partial charge in [-0.25, -0.2) is 0 Å². The number of carbonyl (C=O) groups is 1. The summed E-state index contributed by atoms with van der Waals surface area (Å²) in [5.41, 5.74) is 0. The van der Waals surface area contributed by atoms with Crippen molar-refractivity contribution in [2.45, 2.75) is 32.2 Å². The molecule has 0 fully saturated rings. The molecule has 0 heterocycles. The summed E-state index contributed by atoms with van der Waals surface area (Å²) in [6.45, 7) is 7.67. The Morgan fingerprint density at radius 2 is 2.25 bits per heavy atom. The second kappa shape index (κ2) is 10.6. The second-order valence-electron chi connectivity index (χ2n) is 3.81. The van der Waals surface area contributed by atoms with E-state index in [0.717, 1.165) is 19.4 Å². The van der Waals surface area contributed by atoms with Crippen LogP contribution in [0.1, 0.15) is 26.2 Å². The van der Waals surface area contributed by atoms with Gasteiger partial charge in [-0.15, -0.1) is 6.58 Å². The lowest BCUT2D eigenvalue weighted by atomic mass is 10.2. The molecule has 0 aromatic heterocycles. The van der Waals surface area contributed by atoms with Crippen molar-refractivity contribution in [1.82, 2.24) is 10.6 Å². The number of allylic oxidation sites excluding steroid dienone is 1. The maximum atomic E-state index is 11.3. The van der Waals surface area contributed by atoms with E-state index in [4.69, 9.17) is 4.74 Å². The maximum Gasteiger partial charge on any atom is 0.221 e. The minimum atomic E-state index is 0.0699. The van der Waals surface area contributed by atoms with E-state index >= 15 is 0 Å². The van der Waals surface area contributed by atoms with Gasteiger partial charge in [0, 0.05) is 32.7 Å². The van der Waals surface area contributed by atoms with Crippen molar-refractivity contribution in [2.75, 3.05) is 26.8 Å². The van der Waals surface area contributed by atoms with Crippen LogP contribution in [0.3, 0.4) is 0 Å². The predicted octanol–water partition coefficient (Wildman–Crippen LogP) is 1.08. The fourth-order valence-corrected chi connectivity index (χ4v) is 1.28. The lowest BCUT2D eigenvalue weighted by molar-refractivity contribution is -0.121. The molecule has 0 saturated heterocycles. The summed E-state index contributed by atoms with van der Waals surface area (Å²) in [5.74, 6) is 0.0699. The molecule has 1 unspecified atom stereocenters. The largest absolute Gasteiger partial charge is 0.383 e. The Kier molecular flexibility index (Phi) is 10.1. The Labute approximate surface area is 98.4 Å². The smallest absolute Gasteiger partial charge is 0.221 e. The van der Waals surface area contributed by atoms with E-state index < -0.39 is 0 Å². The summed E-state index contributed by atoms with van der Waals surface area (Å²) in [5, 5.41) is 6.08. The fourth-order valence-electron chi connectivity index (χ4n) is 1.28. The van der Waals surface area contributed by atoms with Crippen LogP contribution in [0.4, 0.5) is 0 Å². The standard InChI is InChI=1S/C12H24N2O2/c1-4-5-6-11(2)13-8-7-12(15)14-9-10-16-3/h4,11,13H,1,5-10H2,2-3H3,(H,14,15). The van der Waals surface area contributed by atoms with E-state index in [9.17, 15) is 4.79 Å². The van der Waals surface area contributed by atoms with Crippen LogP contribution < -0.4 is 10.6 Å². The first-order chi connectivity index (χ1) is 7.70. The van der Waals surface area contributed by atoms with Crippen molar-refractivity contribution < 1.29 is 9.53 Å². The molecular formula is C12H24N2O2. The van der Waals surface area contributed by atoms with E-state index in [0.29, 0.717) is 25.6 Å². The molecule has 4 nitrogen and oxygen atoms in total. The highest BCUT2D eigenvalue weighted by Gasteiger charge is 2.02. The summed E-state index contributed by atoms with van der Waals surface area (Å²) < 4.78 is 4.84. The van der Waals surface area contributed by atoms with Crippen molar-refractivity contribution in [3.63, 3.8) is 0 Å². The van der Waals surface area contributed by atoms with E-state index in [1.807, 2.05) is 6.08 Å². The molecule has 0 aromatic carbocycles. The normalized spacial score (nSPS) is 12.1. The van der Waals surface area contributed by atoms with Crippen LogP contribution in [-0.4, -0.2) is 38.8 Å². The summed E-state index contributed by atoms with van der Waals surface area (Å²) >= 11 is 0. The molecule has 0 rings (SSSR count). The molecule has 16 heavy (non-hydrogen) atoms. The minimum Gasteiger partial charge on any atom is -0.383 e. The molecular weight excluding hydrogens is 204 g/mol. The Balaban J connectivity index is 3.35. The number of nitrogens with one attached hydrogen (secondary N) is 2. The van der Waals surface area contributed by atoms with E-state index in [2.05, 4.69) is 24.1 Å². The third-order valence-corrected chi connectivity index (χ3v) is 2.28. The highest BCUT2D eigenvalue weighted by molar-refractivity contribution is 5.75. The molecule has 0 aliphatic heterocycles.